The van der Waals surface area contributed by atoms with E-state index in [2.05, 4.69) is 27.4 Å². The van der Waals surface area contributed by atoms with Crippen LogP contribution < -0.4 is 20.3 Å². The maximum atomic E-state index is 13.7. The van der Waals surface area contributed by atoms with Crippen LogP contribution in [0.25, 0.3) is 10.9 Å². The van der Waals surface area contributed by atoms with E-state index in [0.717, 1.165) is 55.6 Å². The van der Waals surface area contributed by atoms with E-state index >= 15 is 0 Å². The molecule has 0 bridgehead atoms. The van der Waals surface area contributed by atoms with E-state index in [1.54, 1.807) is 7.11 Å². The fourth-order valence-electron chi connectivity index (χ4n) is 4.85. The summed E-state index contributed by atoms with van der Waals surface area (Å²) in [6.07, 6.45) is 3.10. The number of rotatable bonds is 5. The Bertz CT molecular complexity index is 1080. The molecule has 2 aromatic rings. The molecule has 7 nitrogen and oxygen atoms in total. The standard InChI is InChI=1S/C25H32F2N6O/c1-34-22-16-20-21(15-18(22)5-4-12-32-10-2-3-11-32)30-24(33-13-7-25(26,27)8-14-33)31-23(20)29-19-6-9-28-17-19/h15-16,19,28H,2-3,6-14,17H2,1H3,(H,29,30,31). The summed E-state index contributed by atoms with van der Waals surface area (Å²) in [5.74, 6) is 5.80. The molecule has 3 aliphatic rings. The third-order valence-corrected chi connectivity index (χ3v) is 6.91. The molecule has 0 radical (unpaired) electrons. The van der Waals surface area contributed by atoms with Crippen molar-refractivity contribution in [2.45, 2.75) is 44.1 Å². The number of nitrogens with one attached hydrogen (secondary N) is 2. The molecule has 0 saturated carbocycles. The predicted molar refractivity (Wildman–Crippen MR) is 130 cm³/mol. The van der Waals surface area contributed by atoms with Crippen LogP contribution in [0, 0.1) is 11.8 Å². The lowest BCUT2D eigenvalue weighted by molar-refractivity contribution is -0.0222. The Kier molecular flexibility index (Phi) is 6.70. The first-order valence-corrected chi connectivity index (χ1v) is 12.2. The highest BCUT2D eigenvalue weighted by atomic mass is 19.3. The van der Waals surface area contributed by atoms with Crippen LogP contribution in [-0.4, -0.2) is 79.8 Å². The minimum atomic E-state index is -2.62. The van der Waals surface area contributed by atoms with E-state index in [9.17, 15) is 8.78 Å². The van der Waals surface area contributed by atoms with E-state index in [0.29, 0.717) is 17.5 Å². The first kappa shape index (κ1) is 23.1. The van der Waals surface area contributed by atoms with Gasteiger partial charge in [-0.05, 0) is 51.0 Å². The summed E-state index contributed by atoms with van der Waals surface area (Å²) in [7, 11) is 1.64. The number of anilines is 2. The highest BCUT2D eigenvalue weighted by Gasteiger charge is 2.35. The zero-order valence-electron chi connectivity index (χ0n) is 19.7. The number of piperidine rings is 1. The monoisotopic (exact) mass is 470 g/mol. The Hall–Kier alpha value is -2.70. The molecular weight excluding hydrogens is 438 g/mol. The zero-order chi connectivity index (χ0) is 23.5. The SMILES string of the molecule is COc1cc2c(NC3CCNC3)nc(N3CCC(F)(F)CC3)nc2cc1C#CCN1CCCC1. The number of ether oxygens (including phenoxy) is 1. The van der Waals surface area contributed by atoms with Crippen molar-refractivity contribution in [2.24, 2.45) is 0 Å². The molecule has 5 rings (SSSR count). The largest absolute Gasteiger partial charge is 0.495 e. The molecule has 0 spiro atoms. The number of alkyl halides is 2. The van der Waals surface area contributed by atoms with Gasteiger partial charge in [0.25, 0.3) is 5.92 Å². The van der Waals surface area contributed by atoms with Gasteiger partial charge in [-0.25, -0.2) is 13.8 Å². The van der Waals surface area contributed by atoms with Gasteiger partial charge in [-0.15, -0.1) is 0 Å². The van der Waals surface area contributed by atoms with Gasteiger partial charge in [0.1, 0.15) is 11.6 Å². The molecule has 0 amide bonds. The molecule has 182 valence electrons. The van der Waals surface area contributed by atoms with Gasteiger partial charge in [0.05, 0.1) is 24.7 Å². The number of nitrogens with zero attached hydrogens (tertiary/aromatic N) is 4. The number of likely N-dealkylation sites (tertiary alicyclic amines) is 1. The van der Waals surface area contributed by atoms with Crippen molar-refractivity contribution in [3.8, 4) is 17.6 Å². The fraction of sp³-hybridized carbons (Fsp3) is 0.600. The van der Waals surface area contributed by atoms with Crippen molar-refractivity contribution in [1.29, 1.82) is 0 Å². The molecule has 2 N–H and O–H groups in total. The second-order valence-corrected chi connectivity index (χ2v) is 9.40. The second kappa shape index (κ2) is 9.88. The Morgan fingerprint density at radius 3 is 2.68 bits per heavy atom. The Balaban J connectivity index is 1.50. The van der Waals surface area contributed by atoms with E-state index < -0.39 is 5.92 Å². The van der Waals surface area contributed by atoms with Crippen molar-refractivity contribution in [3.63, 3.8) is 0 Å². The van der Waals surface area contributed by atoms with Gasteiger partial charge < -0.3 is 20.3 Å². The van der Waals surface area contributed by atoms with Gasteiger partial charge in [-0.2, -0.15) is 4.98 Å². The summed E-state index contributed by atoms with van der Waals surface area (Å²) in [5, 5.41) is 7.75. The first-order chi connectivity index (χ1) is 16.5. The molecule has 1 aromatic carbocycles. The molecule has 3 saturated heterocycles. The van der Waals surface area contributed by atoms with Crippen LogP contribution in [0.1, 0.15) is 37.7 Å². The van der Waals surface area contributed by atoms with Crippen LogP contribution in [0.3, 0.4) is 0 Å². The minimum absolute atomic E-state index is 0.181. The lowest BCUT2D eigenvalue weighted by atomic mass is 10.1. The molecule has 1 atom stereocenters. The van der Waals surface area contributed by atoms with Crippen molar-refractivity contribution >= 4 is 22.7 Å². The molecule has 1 unspecified atom stereocenters. The van der Waals surface area contributed by atoms with E-state index in [1.165, 1.54) is 12.8 Å². The number of benzene rings is 1. The number of aromatic nitrogens is 2. The van der Waals surface area contributed by atoms with Crippen LogP contribution in [-0.2, 0) is 0 Å². The average molecular weight is 471 g/mol. The van der Waals surface area contributed by atoms with Crippen molar-refractivity contribution in [1.82, 2.24) is 20.2 Å². The predicted octanol–water partition coefficient (Wildman–Crippen LogP) is 3.10. The summed E-state index contributed by atoms with van der Waals surface area (Å²) >= 11 is 0. The zero-order valence-corrected chi connectivity index (χ0v) is 19.7. The van der Waals surface area contributed by atoms with Crippen molar-refractivity contribution in [2.75, 3.05) is 63.1 Å². The highest BCUT2D eigenvalue weighted by Crippen LogP contribution is 2.33. The topological polar surface area (TPSA) is 65.5 Å². The maximum absolute atomic E-state index is 13.7. The van der Waals surface area contributed by atoms with Gasteiger partial charge in [0, 0.05) is 43.9 Å². The smallest absolute Gasteiger partial charge is 0.251 e. The molecule has 1 aromatic heterocycles. The van der Waals surface area contributed by atoms with Gasteiger partial charge in [-0.1, -0.05) is 11.8 Å². The third-order valence-electron chi connectivity index (χ3n) is 6.91. The lowest BCUT2D eigenvalue weighted by Gasteiger charge is -2.32. The molecule has 3 fully saturated rings. The number of fused-ring (bicyclic) bond motifs is 1. The lowest BCUT2D eigenvalue weighted by Crippen LogP contribution is -2.40. The summed E-state index contributed by atoms with van der Waals surface area (Å²) in [6.45, 7) is 5.21. The number of methoxy groups -OCH3 is 1. The van der Waals surface area contributed by atoms with E-state index in [-0.39, 0.29) is 32.0 Å². The molecule has 0 aliphatic carbocycles. The summed E-state index contributed by atoms with van der Waals surface area (Å²) in [4.78, 5) is 13.8. The van der Waals surface area contributed by atoms with E-state index in [1.807, 2.05) is 17.0 Å². The minimum Gasteiger partial charge on any atom is -0.495 e. The van der Waals surface area contributed by atoms with Crippen LogP contribution in [0.2, 0.25) is 0 Å². The quantitative estimate of drug-likeness (QED) is 0.651. The molecule has 34 heavy (non-hydrogen) atoms. The van der Waals surface area contributed by atoms with Crippen LogP contribution >= 0.6 is 0 Å². The first-order valence-electron chi connectivity index (χ1n) is 12.2. The van der Waals surface area contributed by atoms with Crippen molar-refractivity contribution in [3.05, 3.63) is 17.7 Å². The van der Waals surface area contributed by atoms with Crippen LogP contribution in [0.5, 0.6) is 5.75 Å². The molecular formula is C25H32F2N6O. The van der Waals surface area contributed by atoms with Crippen LogP contribution in [0.15, 0.2) is 12.1 Å². The Labute approximate surface area is 199 Å². The Morgan fingerprint density at radius 2 is 1.97 bits per heavy atom. The third kappa shape index (κ3) is 5.18. The maximum Gasteiger partial charge on any atom is 0.251 e. The van der Waals surface area contributed by atoms with Gasteiger partial charge >= 0.3 is 0 Å². The Morgan fingerprint density at radius 1 is 1.18 bits per heavy atom. The number of hydrogen-bond acceptors (Lipinski definition) is 7. The number of hydrogen-bond donors (Lipinski definition) is 2. The summed E-state index contributed by atoms with van der Waals surface area (Å²) in [5.41, 5.74) is 1.51. The molecule has 9 heteroatoms. The van der Waals surface area contributed by atoms with E-state index in [4.69, 9.17) is 14.7 Å². The van der Waals surface area contributed by atoms with Gasteiger partial charge in [-0.3, -0.25) is 4.90 Å². The summed E-state index contributed by atoms with van der Waals surface area (Å²) < 4.78 is 33.2. The van der Waals surface area contributed by atoms with Gasteiger partial charge in [0.15, 0.2) is 0 Å². The normalized spacial score (nSPS) is 22.6. The number of halogens is 2. The fourth-order valence-corrected chi connectivity index (χ4v) is 4.85. The summed E-state index contributed by atoms with van der Waals surface area (Å²) in [6, 6.07) is 4.13. The second-order valence-electron chi connectivity index (χ2n) is 9.40. The van der Waals surface area contributed by atoms with Gasteiger partial charge in [0.2, 0.25) is 5.95 Å². The highest BCUT2D eigenvalue weighted by molar-refractivity contribution is 5.93. The molecule has 3 aliphatic heterocycles. The van der Waals surface area contributed by atoms with Crippen molar-refractivity contribution < 1.29 is 13.5 Å². The molecule has 4 heterocycles. The average Bonchev–Trinajstić information content (AvgIpc) is 3.53. The van der Waals surface area contributed by atoms with Crippen LogP contribution in [0.4, 0.5) is 20.5 Å².